The predicted octanol–water partition coefficient (Wildman–Crippen LogP) is 5.93. The molecule has 23 heavy (non-hydrogen) atoms. The zero-order valence-electron chi connectivity index (χ0n) is 14.7. The average molecular weight is 353 g/mol. The number of rotatable bonds is 4. The lowest BCUT2D eigenvalue weighted by molar-refractivity contribution is 0.141. The summed E-state index contributed by atoms with van der Waals surface area (Å²) in [5.41, 5.74) is 2.48. The topological polar surface area (TPSA) is 24.1 Å². The molecule has 128 valence electrons. The minimum atomic E-state index is 0.461. The first kappa shape index (κ1) is 18.5. The Labute approximate surface area is 151 Å². The monoisotopic (exact) mass is 352 g/mol. The standard InChI is InChI=1S/C19H29ClN2S/c1-5-19(3,4)14-7-10-15(11-8-14)21-18(23)22-16-9-6-13(2)17(20)12-16/h6,9,12,14-15H,5,7-8,10-11H2,1-4H3,(H2,21,22,23). The van der Waals surface area contributed by atoms with E-state index in [1.807, 2.05) is 25.1 Å². The summed E-state index contributed by atoms with van der Waals surface area (Å²) in [6, 6.07) is 6.42. The molecule has 1 aliphatic rings. The van der Waals surface area contributed by atoms with Crippen LogP contribution in [0.5, 0.6) is 0 Å². The van der Waals surface area contributed by atoms with Gasteiger partial charge in [0.05, 0.1) is 0 Å². The molecule has 0 radical (unpaired) electrons. The van der Waals surface area contributed by atoms with Crippen LogP contribution in [0.25, 0.3) is 0 Å². The molecule has 2 nitrogen and oxygen atoms in total. The number of nitrogens with one attached hydrogen (secondary N) is 2. The molecule has 0 amide bonds. The van der Waals surface area contributed by atoms with Gasteiger partial charge in [0.1, 0.15) is 0 Å². The highest BCUT2D eigenvalue weighted by molar-refractivity contribution is 7.80. The third-order valence-electron chi connectivity index (χ3n) is 5.51. The third kappa shape index (κ3) is 5.09. The lowest BCUT2D eigenvalue weighted by atomic mass is 9.69. The first-order valence-corrected chi connectivity index (χ1v) is 9.44. The molecule has 2 rings (SSSR count). The number of hydrogen-bond acceptors (Lipinski definition) is 1. The van der Waals surface area contributed by atoms with Gasteiger partial charge in [0, 0.05) is 16.8 Å². The van der Waals surface area contributed by atoms with Crippen molar-refractivity contribution in [2.24, 2.45) is 11.3 Å². The SMILES string of the molecule is CCC(C)(C)C1CCC(NC(=S)Nc2ccc(C)c(Cl)c2)CC1. The van der Waals surface area contributed by atoms with Gasteiger partial charge in [0.15, 0.2) is 5.11 Å². The van der Waals surface area contributed by atoms with Crippen molar-refractivity contribution in [3.05, 3.63) is 28.8 Å². The van der Waals surface area contributed by atoms with E-state index in [1.165, 1.54) is 32.1 Å². The zero-order chi connectivity index (χ0) is 17.0. The van der Waals surface area contributed by atoms with Gasteiger partial charge in [-0.1, -0.05) is 44.9 Å². The second-order valence-electron chi connectivity index (χ2n) is 7.45. The highest BCUT2D eigenvalue weighted by Crippen LogP contribution is 2.40. The van der Waals surface area contributed by atoms with Crippen molar-refractivity contribution < 1.29 is 0 Å². The van der Waals surface area contributed by atoms with Crippen LogP contribution in [0.1, 0.15) is 58.4 Å². The molecule has 1 aromatic carbocycles. The van der Waals surface area contributed by atoms with Gasteiger partial charge < -0.3 is 10.6 Å². The molecule has 1 aromatic rings. The van der Waals surface area contributed by atoms with Crippen LogP contribution in [0.4, 0.5) is 5.69 Å². The minimum Gasteiger partial charge on any atom is -0.360 e. The molecule has 0 aliphatic heterocycles. The van der Waals surface area contributed by atoms with Crippen molar-refractivity contribution in [2.45, 2.75) is 65.8 Å². The fourth-order valence-electron chi connectivity index (χ4n) is 3.33. The second kappa shape index (κ2) is 7.85. The Morgan fingerprint density at radius 2 is 1.91 bits per heavy atom. The van der Waals surface area contributed by atoms with Gasteiger partial charge in [-0.3, -0.25) is 0 Å². The molecule has 1 saturated carbocycles. The highest BCUT2D eigenvalue weighted by Gasteiger charge is 2.31. The summed E-state index contributed by atoms with van der Waals surface area (Å²) in [6.07, 6.45) is 6.23. The maximum Gasteiger partial charge on any atom is 0.170 e. The Kier molecular flexibility index (Phi) is 6.33. The third-order valence-corrected chi connectivity index (χ3v) is 6.14. The fraction of sp³-hybridized carbons (Fsp3) is 0.632. The summed E-state index contributed by atoms with van der Waals surface area (Å²) in [4.78, 5) is 0. The Hall–Kier alpha value is -0.800. The van der Waals surface area contributed by atoms with Crippen molar-refractivity contribution >= 4 is 34.6 Å². The van der Waals surface area contributed by atoms with Crippen LogP contribution in [0.2, 0.25) is 5.02 Å². The van der Waals surface area contributed by atoms with Gasteiger partial charge in [-0.25, -0.2) is 0 Å². The first-order chi connectivity index (χ1) is 10.8. The van der Waals surface area contributed by atoms with Crippen LogP contribution in [-0.2, 0) is 0 Å². The molecular formula is C19H29ClN2S. The molecule has 1 fully saturated rings. The molecule has 4 heteroatoms. The molecule has 0 spiro atoms. The molecule has 0 saturated heterocycles. The number of thiocarbonyl (C=S) groups is 1. The highest BCUT2D eigenvalue weighted by atomic mass is 35.5. The van der Waals surface area contributed by atoms with Crippen LogP contribution in [0.3, 0.4) is 0 Å². The molecule has 0 atom stereocenters. The van der Waals surface area contributed by atoms with Crippen molar-refractivity contribution in [2.75, 3.05) is 5.32 Å². The van der Waals surface area contributed by atoms with Gasteiger partial charge in [0.25, 0.3) is 0 Å². The van der Waals surface area contributed by atoms with E-state index < -0.39 is 0 Å². The van der Waals surface area contributed by atoms with Crippen LogP contribution in [0, 0.1) is 18.3 Å². The van der Waals surface area contributed by atoms with Crippen LogP contribution in [-0.4, -0.2) is 11.2 Å². The summed E-state index contributed by atoms with van der Waals surface area (Å²) >= 11 is 11.6. The van der Waals surface area contributed by atoms with Gasteiger partial charge in [-0.15, -0.1) is 0 Å². The van der Waals surface area contributed by atoms with E-state index in [-0.39, 0.29) is 0 Å². The second-order valence-corrected chi connectivity index (χ2v) is 8.27. The molecule has 0 bridgehead atoms. The van der Waals surface area contributed by atoms with E-state index in [9.17, 15) is 0 Å². The Balaban J connectivity index is 1.82. The molecule has 1 aliphatic carbocycles. The predicted molar refractivity (Wildman–Crippen MR) is 105 cm³/mol. The molecule has 0 aromatic heterocycles. The quantitative estimate of drug-likeness (QED) is 0.656. The normalized spacial score (nSPS) is 21.8. The van der Waals surface area contributed by atoms with Gasteiger partial charge in [-0.2, -0.15) is 0 Å². The van der Waals surface area contributed by atoms with E-state index >= 15 is 0 Å². The van der Waals surface area contributed by atoms with E-state index in [0.717, 1.165) is 22.2 Å². The molecule has 0 unspecified atom stereocenters. The minimum absolute atomic E-state index is 0.461. The maximum absolute atomic E-state index is 6.16. The largest absolute Gasteiger partial charge is 0.360 e. The Bertz CT molecular complexity index is 548. The smallest absolute Gasteiger partial charge is 0.170 e. The Morgan fingerprint density at radius 3 is 2.48 bits per heavy atom. The zero-order valence-corrected chi connectivity index (χ0v) is 16.3. The number of aryl methyl sites for hydroxylation is 1. The van der Waals surface area contributed by atoms with E-state index in [0.29, 0.717) is 16.6 Å². The first-order valence-electron chi connectivity index (χ1n) is 8.65. The molecule has 0 heterocycles. The summed E-state index contributed by atoms with van der Waals surface area (Å²) in [7, 11) is 0. The summed E-state index contributed by atoms with van der Waals surface area (Å²) in [5.74, 6) is 0.836. The van der Waals surface area contributed by atoms with Crippen LogP contribution < -0.4 is 10.6 Å². The summed E-state index contributed by atoms with van der Waals surface area (Å²) in [5, 5.41) is 8.18. The maximum atomic E-state index is 6.16. The summed E-state index contributed by atoms with van der Waals surface area (Å²) < 4.78 is 0. The lowest BCUT2D eigenvalue weighted by Crippen LogP contribution is -2.41. The van der Waals surface area contributed by atoms with Gasteiger partial charge in [-0.05, 0) is 73.9 Å². The van der Waals surface area contributed by atoms with Crippen molar-refractivity contribution in [1.82, 2.24) is 5.32 Å². The number of anilines is 1. The van der Waals surface area contributed by atoms with Crippen LogP contribution >= 0.6 is 23.8 Å². The lowest BCUT2D eigenvalue weighted by Gasteiger charge is -2.39. The molecular weight excluding hydrogens is 324 g/mol. The number of halogens is 1. The van der Waals surface area contributed by atoms with Crippen LogP contribution in [0.15, 0.2) is 18.2 Å². The summed E-state index contributed by atoms with van der Waals surface area (Å²) in [6.45, 7) is 9.10. The van der Waals surface area contributed by atoms with E-state index in [2.05, 4.69) is 31.4 Å². The molecule has 2 N–H and O–H groups in total. The number of benzene rings is 1. The van der Waals surface area contributed by atoms with E-state index in [1.54, 1.807) is 0 Å². The van der Waals surface area contributed by atoms with E-state index in [4.69, 9.17) is 23.8 Å². The van der Waals surface area contributed by atoms with Crippen molar-refractivity contribution in [3.63, 3.8) is 0 Å². The van der Waals surface area contributed by atoms with Gasteiger partial charge >= 0.3 is 0 Å². The van der Waals surface area contributed by atoms with Crippen molar-refractivity contribution in [3.8, 4) is 0 Å². The fourth-order valence-corrected chi connectivity index (χ4v) is 3.80. The Morgan fingerprint density at radius 1 is 1.26 bits per heavy atom. The number of hydrogen-bond donors (Lipinski definition) is 2. The van der Waals surface area contributed by atoms with Gasteiger partial charge in [0.2, 0.25) is 0 Å². The van der Waals surface area contributed by atoms with Crippen molar-refractivity contribution in [1.29, 1.82) is 0 Å². The average Bonchev–Trinajstić information content (AvgIpc) is 2.51.